The fourth-order valence-electron chi connectivity index (χ4n) is 3.83. The van der Waals surface area contributed by atoms with Crippen LogP contribution in [0.15, 0.2) is 84.9 Å². The molecule has 0 aromatic heterocycles. The molecule has 1 heterocycles. The van der Waals surface area contributed by atoms with E-state index in [9.17, 15) is 9.59 Å². The van der Waals surface area contributed by atoms with E-state index in [0.29, 0.717) is 13.1 Å². The molecule has 5 heteroatoms. The highest BCUT2D eigenvalue weighted by molar-refractivity contribution is 6.02. The fourth-order valence-corrected chi connectivity index (χ4v) is 3.83. The Balaban J connectivity index is 1.30. The van der Waals surface area contributed by atoms with Crippen LogP contribution in [0.25, 0.3) is 6.08 Å². The zero-order chi connectivity index (χ0) is 22.3. The summed E-state index contributed by atoms with van der Waals surface area (Å²) in [5.74, 6) is -0.0608. The molecule has 1 aliphatic heterocycles. The molecule has 0 aliphatic carbocycles. The van der Waals surface area contributed by atoms with E-state index in [1.54, 1.807) is 6.08 Å². The summed E-state index contributed by atoms with van der Waals surface area (Å²) < 4.78 is 0. The van der Waals surface area contributed by atoms with Gasteiger partial charge in [0.25, 0.3) is 5.91 Å². The van der Waals surface area contributed by atoms with Crippen molar-refractivity contribution in [2.24, 2.45) is 0 Å². The standard InChI is InChI=1S/C27H27N3O2/c1-21-7-5-6-10-25(21)27(32)30-19-17-29(18-20-30)24-14-12-23(13-15-24)28-26(31)16-11-22-8-3-2-4-9-22/h2-16H,17-20H2,1H3,(H,28,31). The van der Waals surface area contributed by atoms with Crippen molar-refractivity contribution in [3.8, 4) is 0 Å². The number of hydrogen-bond donors (Lipinski definition) is 1. The van der Waals surface area contributed by atoms with Crippen LogP contribution >= 0.6 is 0 Å². The molecule has 3 aromatic rings. The number of hydrogen-bond acceptors (Lipinski definition) is 3. The molecule has 0 radical (unpaired) electrons. The lowest BCUT2D eigenvalue weighted by molar-refractivity contribution is -0.111. The van der Waals surface area contributed by atoms with Gasteiger partial charge in [0.2, 0.25) is 5.91 Å². The van der Waals surface area contributed by atoms with Crippen molar-refractivity contribution in [1.29, 1.82) is 0 Å². The maximum Gasteiger partial charge on any atom is 0.254 e. The lowest BCUT2D eigenvalue weighted by atomic mass is 10.1. The second-order valence-corrected chi connectivity index (χ2v) is 7.87. The quantitative estimate of drug-likeness (QED) is 0.608. The zero-order valence-electron chi connectivity index (χ0n) is 18.2. The first kappa shape index (κ1) is 21.4. The molecule has 162 valence electrons. The number of nitrogens with zero attached hydrogens (tertiary/aromatic N) is 2. The molecule has 0 saturated carbocycles. The maximum atomic E-state index is 12.8. The average Bonchev–Trinajstić information content (AvgIpc) is 2.84. The molecular weight excluding hydrogens is 398 g/mol. The second-order valence-electron chi connectivity index (χ2n) is 7.87. The van der Waals surface area contributed by atoms with Crippen LogP contribution in [-0.4, -0.2) is 42.9 Å². The van der Waals surface area contributed by atoms with Crippen molar-refractivity contribution in [2.75, 3.05) is 36.4 Å². The number of benzene rings is 3. The number of carbonyl (C=O) groups is 2. The van der Waals surface area contributed by atoms with E-state index in [4.69, 9.17) is 0 Å². The smallest absolute Gasteiger partial charge is 0.254 e. The molecule has 5 nitrogen and oxygen atoms in total. The summed E-state index contributed by atoms with van der Waals surface area (Å²) in [7, 11) is 0. The lowest BCUT2D eigenvalue weighted by Crippen LogP contribution is -2.48. The molecule has 2 amide bonds. The first-order valence-electron chi connectivity index (χ1n) is 10.8. The van der Waals surface area contributed by atoms with Crippen LogP contribution in [0.5, 0.6) is 0 Å². The van der Waals surface area contributed by atoms with Gasteiger partial charge in [0, 0.05) is 49.2 Å². The number of nitrogens with one attached hydrogen (secondary N) is 1. The number of anilines is 2. The van der Waals surface area contributed by atoms with Gasteiger partial charge in [0.15, 0.2) is 0 Å². The summed E-state index contributed by atoms with van der Waals surface area (Å²) >= 11 is 0. The van der Waals surface area contributed by atoms with E-state index < -0.39 is 0 Å². The van der Waals surface area contributed by atoms with Gasteiger partial charge in [0.1, 0.15) is 0 Å². The van der Waals surface area contributed by atoms with E-state index in [1.165, 1.54) is 6.08 Å². The Bertz CT molecular complexity index is 1100. The van der Waals surface area contributed by atoms with Gasteiger partial charge >= 0.3 is 0 Å². The zero-order valence-corrected chi connectivity index (χ0v) is 18.2. The molecule has 32 heavy (non-hydrogen) atoms. The van der Waals surface area contributed by atoms with Crippen molar-refractivity contribution in [2.45, 2.75) is 6.92 Å². The fraction of sp³-hybridized carbons (Fsp3) is 0.185. The highest BCUT2D eigenvalue weighted by atomic mass is 16.2. The minimum absolute atomic E-state index is 0.101. The minimum atomic E-state index is -0.162. The number of rotatable bonds is 5. The van der Waals surface area contributed by atoms with Gasteiger partial charge < -0.3 is 15.1 Å². The number of aryl methyl sites for hydroxylation is 1. The third-order valence-corrected chi connectivity index (χ3v) is 5.67. The van der Waals surface area contributed by atoms with Gasteiger partial charge in [-0.3, -0.25) is 9.59 Å². The SMILES string of the molecule is Cc1ccccc1C(=O)N1CCN(c2ccc(NC(=O)C=Cc3ccccc3)cc2)CC1. The maximum absolute atomic E-state index is 12.8. The van der Waals surface area contributed by atoms with Crippen LogP contribution in [0.3, 0.4) is 0 Å². The molecule has 3 aromatic carbocycles. The van der Waals surface area contributed by atoms with Crippen molar-refractivity contribution < 1.29 is 9.59 Å². The normalized spacial score (nSPS) is 13.9. The van der Waals surface area contributed by atoms with Gasteiger partial charge in [-0.2, -0.15) is 0 Å². The van der Waals surface area contributed by atoms with Crippen LogP contribution in [0, 0.1) is 6.92 Å². The topological polar surface area (TPSA) is 52.7 Å². The summed E-state index contributed by atoms with van der Waals surface area (Å²) in [4.78, 5) is 29.2. The molecule has 4 rings (SSSR count). The summed E-state index contributed by atoms with van der Waals surface area (Å²) in [6, 6.07) is 25.3. The average molecular weight is 426 g/mol. The van der Waals surface area contributed by atoms with Crippen LogP contribution in [-0.2, 0) is 4.79 Å². The number of amides is 2. The summed E-state index contributed by atoms with van der Waals surface area (Å²) in [5.41, 5.74) is 4.62. The van der Waals surface area contributed by atoms with Gasteiger partial charge in [-0.05, 0) is 54.5 Å². The Morgan fingerprint density at radius 3 is 2.16 bits per heavy atom. The molecule has 0 unspecified atom stereocenters. The minimum Gasteiger partial charge on any atom is -0.368 e. The number of carbonyl (C=O) groups excluding carboxylic acids is 2. The lowest BCUT2D eigenvalue weighted by Gasteiger charge is -2.36. The Morgan fingerprint density at radius 2 is 1.47 bits per heavy atom. The van der Waals surface area contributed by atoms with Crippen LogP contribution in [0.4, 0.5) is 11.4 Å². The van der Waals surface area contributed by atoms with Crippen LogP contribution in [0.1, 0.15) is 21.5 Å². The third kappa shape index (κ3) is 5.24. The van der Waals surface area contributed by atoms with E-state index in [1.807, 2.05) is 90.7 Å². The predicted octanol–water partition coefficient (Wildman–Crippen LogP) is 4.61. The van der Waals surface area contributed by atoms with Crippen molar-refractivity contribution in [3.63, 3.8) is 0 Å². The predicted molar refractivity (Wildman–Crippen MR) is 130 cm³/mol. The van der Waals surface area contributed by atoms with Crippen LogP contribution in [0.2, 0.25) is 0 Å². The Labute approximate surface area is 189 Å². The monoisotopic (exact) mass is 425 g/mol. The van der Waals surface area contributed by atoms with E-state index in [0.717, 1.165) is 41.2 Å². The van der Waals surface area contributed by atoms with Gasteiger partial charge in [-0.15, -0.1) is 0 Å². The summed E-state index contributed by atoms with van der Waals surface area (Å²) in [6.45, 7) is 4.92. The van der Waals surface area contributed by atoms with Gasteiger partial charge in [-0.25, -0.2) is 0 Å². The molecule has 0 atom stereocenters. The first-order chi connectivity index (χ1) is 15.6. The second kappa shape index (κ2) is 9.96. The first-order valence-corrected chi connectivity index (χ1v) is 10.8. The van der Waals surface area contributed by atoms with Crippen LogP contribution < -0.4 is 10.2 Å². The van der Waals surface area contributed by atoms with Crippen molar-refractivity contribution in [3.05, 3.63) is 102 Å². The molecule has 0 spiro atoms. The molecule has 1 fully saturated rings. The Kier molecular flexibility index (Phi) is 6.66. The van der Waals surface area contributed by atoms with E-state index in [2.05, 4.69) is 10.2 Å². The molecule has 1 N–H and O–H groups in total. The number of piperazine rings is 1. The van der Waals surface area contributed by atoms with Crippen molar-refractivity contribution in [1.82, 2.24) is 4.90 Å². The largest absolute Gasteiger partial charge is 0.368 e. The Morgan fingerprint density at radius 1 is 0.812 bits per heavy atom. The van der Waals surface area contributed by atoms with Gasteiger partial charge in [0.05, 0.1) is 0 Å². The summed E-state index contributed by atoms with van der Waals surface area (Å²) in [6.07, 6.45) is 3.33. The molecular formula is C27H27N3O2. The third-order valence-electron chi connectivity index (χ3n) is 5.67. The molecule has 1 saturated heterocycles. The molecule has 1 aliphatic rings. The van der Waals surface area contributed by atoms with E-state index >= 15 is 0 Å². The van der Waals surface area contributed by atoms with E-state index in [-0.39, 0.29) is 11.8 Å². The van der Waals surface area contributed by atoms with Crippen molar-refractivity contribution >= 4 is 29.3 Å². The molecule has 0 bridgehead atoms. The van der Waals surface area contributed by atoms with Gasteiger partial charge in [-0.1, -0.05) is 48.5 Å². The Hall–Kier alpha value is -3.86. The summed E-state index contributed by atoms with van der Waals surface area (Å²) in [5, 5.41) is 2.89. The highest BCUT2D eigenvalue weighted by Crippen LogP contribution is 2.21. The highest BCUT2D eigenvalue weighted by Gasteiger charge is 2.23.